The Labute approximate surface area is 125 Å². The molecule has 2 unspecified atom stereocenters. The van der Waals surface area contributed by atoms with E-state index in [2.05, 4.69) is 5.32 Å². The Morgan fingerprint density at radius 1 is 1.14 bits per heavy atom. The maximum absolute atomic E-state index is 13.0. The first-order valence-corrected chi connectivity index (χ1v) is 9.00. The van der Waals surface area contributed by atoms with Crippen LogP contribution in [0.2, 0.25) is 0 Å². The number of piperidine rings is 1. The van der Waals surface area contributed by atoms with Crippen LogP contribution in [-0.4, -0.2) is 38.4 Å². The minimum absolute atomic E-state index is 0.184. The van der Waals surface area contributed by atoms with Crippen LogP contribution < -0.4 is 5.32 Å². The van der Waals surface area contributed by atoms with Crippen molar-refractivity contribution in [3.63, 3.8) is 0 Å². The first-order valence-electron chi connectivity index (χ1n) is 7.56. The minimum Gasteiger partial charge on any atom is -0.314 e. The van der Waals surface area contributed by atoms with Crippen molar-refractivity contribution in [3.8, 4) is 0 Å². The molecule has 6 heteroatoms. The van der Waals surface area contributed by atoms with Gasteiger partial charge in [-0.3, -0.25) is 0 Å². The lowest BCUT2D eigenvalue weighted by Gasteiger charge is -2.35. The van der Waals surface area contributed by atoms with Crippen LogP contribution in [0.25, 0.3) is 0 Å². The monoisotopic (exact) mass is 312 g/mol. The average Bonchev–Trinajstić information content (AvgIpc) is 3.02. The number of nitrogens with one attached hydrogen (secondary N) is 1. The van der Waals surface area contributed by atoms with Gasteiger partial charge in [-0.15, -0.1) is 0 Å². The van der Waals surface area contributed by atoms with Crippen LogP contribution in [0.15, 0.2) is 29.2 Å². The molecule has 0 saturated carbocycles. The molecule has 21 heavy (non-hydrogen) atoms. The molecule has 2 fully saturated rings. The van der Waals surface area contributed by atoms with Crippen LogP contribution in [0.1, 0.15) is 25.7 Å². The van der Waals surface area contributed by atoms with Crippen LogP contribution >= 0.6 is 0 Å². The highest BCUT2D eigenvalue weighted by molar-refractivity contribution is 7.89. The molecule has 0 aromatic heterocycles. The Morgan fingerprint density at radius 3 is 2.57 bits per heavy atom. The summed E-state index contributed by atoms with van der Waals surface area (Å²) >= 11 is 0. The van der Waals surface area contributed by atoms with Gasteiger partial charge in [-0.05, 0) is 62.4 Å². The topological polar surface area (TPSA) is 49.4 Å². The van der Waals surface area contributed by atoms with Gasteiger partial charge in [-0.1, -0.05) is 0 Å². The molecular weight excluding hydrogens is 291 g/mol. The van der Waals surface area contributed by atoms with Crippen LogP contribution in [0.3, 0.4) is 0 Å². The number of rotatable bonds is 3. The van der Waals surface area contributed by atoms with Crippen molar-refractivity contribution in [1.29, 1.82) is 0 Å². The lowest BCUT2D eigenvalue weighted by atomic mass is 9.91. The van der Waals surface area contributed by atoms with Gasteiger partial charge in [0.25, 0.3) is 0 Å². The second-order valence-electron chi connectivity index (χ2n) is 5.92. The third-order valence-corrected chi connectivity index (χ3v) is 6.42. The average molecular weight is 312 g/mol. The summed E-state index contributed by atoms with van der Waals surface area (Å²) in [4.78, 5) is 0.184. The maximum Gasteiger partial charge on any atom is 0.243 e. The third-order valence-electron chi connectivity index (χ3n) is 4.54. The Kier molecular flexibility index (Phi) is 4.28. The normalized spacial score (nSPS) is 27.9. The van der Waals surface area contributed by atoms with E-state index in [0.29, 0.717) is 25.0 Å². The molecule has 0 amide bonds. The van der Waals surface area contributed by atoms with E-state index in [1.807, 2.05) is 0 Å². The summed E-state index contributed by atoms with van der Waals surface area (Å²) in [6.45, 7) is 2.16. The third kappa shape index (κ3) is 3.12. The number of sulfonamides is 1. The van der Waals surface area contributed by atoms with Gasteiger partial charge in [0.05, 0.1) is 4.90 Å². The Balaban J connectivity index is 1.76. The van der Waals surface area contributed by atoms with Gasteiger partial charge in [0.15, 0.2) is 0 Å². The fraction of sp³-hybridized carbons (Fsp3) is 0.600. The number of hydrogen-bond donors (Lipinski definition) is 1. The molecule has 0 bridgehead atoms. The molecule has 1 aromatic carbocycles. The number of hydrogen-bond acceptors (Lipinski definition) is 3. The van der Waals surface area contributed by atoms with Gasteiger partial charge in [0, 0.05) is 19.1 Å². The zero-order chi connectivity index (χ0) is 14.9. The lowest BCUT2D eigenvalue weighted by Crippen LogP contribution is -2.45. The van der Waals surface area contributed by atoms with Crippen LogP contribution in [0.5, 0.6) is 0 Å². The van der Waals surface area contributed by atoms with Crippen LogP contribution in [0.4, 0.5) is 4.39 Å². The predicted octanol–water partition coefficient (Wildman–Crippen LogP) is 1.98. The molecule has 0 aliphatic carbocycles. The largest absolute Gasteiger partial charge is 0.314 e. The van der Waals surface area contributed by atoms with Gasteiger partial charge in [0.2, 0.25) is 10.0 Å². The van der Waals surface area contributed by atoms with Crippen molar-refractivity contribution < 1.29 is 12.8 Å². The molecule has 2 aliphatic rings. The molecule has 2 aliphatic heterocycles. The second kappa shape index (κ2) is 6.02. The fourth-order valence-corrected chi connectivity index (χ4v) is 4.93. The predicted molar refractivity (Wildman–Crippen MR) is 78.9 cm³/mol. The second-order valence-corrected chi connectivity index (χ2v) is 7.86. The number of halogens is 1. The molecule has 0 spiro atoms. The van der Waals surface area contributed by atoms with E-state index >= 15 is 0 Å². The van der Waals surface area contributed by atoms with Crippen molar-refractivity contribution in [2.75, 3.05) is 19.6 Å². The van der Waals surface area contributed by atoms with Crippen molar-refractivity contribution >= 4 is 10.0 Å². The van der Waals surface area contributed by atoms with E-state index in [0.717, 1.165) is 25.8 Å². The summed E-state index contributed by atoms with van der Waals surface area (Å²) < 4.78 is 39.8. The molecule has 0 radical (unpaired) electrons. The van der Waals surface area contributed by atoms with E-state index in [1.165, 1.54) is 30.7 Å². The van der Waals surface area contributed by atoms with E-state index in [9.17, 15) is 12.8 Å². The van der Waals surface area contributed by atoms with E-state index in [1.54, 1.807) is 4.31 Å². The molecule has 4 nitrogen and oxygen atoms in total. The highest BCUT2D eigenvalue weighted by Gasteiger charge is 2.34. The van der Waals surface area contributed by atoms with Gasteiger partial charge in [0.1, 0.15) is 5.82 Å². The summed E-state index contributed by atoms with van der Waals surface area (Å²) in [5.74, 6) is -0.0305. The van der Waals surface area contributed by atoms with E-state index < -0.39 is 15.8 Å². The Morgan fingerprint density at radius 2 is 1.90 bits per heavy atom. The summed E-state index contributed by atoms with van der Waals surface area (Å²) in [5.41, 5.74) is 0. The van der Waals surface area contributed by atoms with Gasteiger partial charge >= 0.3 is 0 Å². The molecule has 116 valence electrons. The van der Waals surface area contributed by atoms with Crippen molar-refractivity contribution in [2.24, 2.45) is 5.92 Å². The fourth-order valence-electron chi connectivity index (χ4n) is 3.39. The van der Waals surface area contributed by atoms with Crippen molar-refractivity contribution in [3.05, 3.63) is 30.1 Å². The van der Waals surface area contributed by atoms with Gasteiger partial charge < -0.3 is 5.32 Å². The molecule has 2 saturated heterocycles. The highest BCUT2D eigenvalue weighted by atomic mass is 32.2. The quantitative estimate of drug-likeness (QED) is 0.928. The first kappa shape index (κ1) is 14.9. The summed E-state index contributed by atoms with van der Waals surface area (Å²) in [5, 5.41) is 3.47. The zero-order valence-electron chi connectivity index (χ0n) is 12.0. The number of nitrogens with zero attached hydrogens (tertiary/aromatic N) is 1. The zero-order valence-corrected chi connectivity index (χ0v) is 12.8. The van der Waals surface area contributed by atoms with Crippen molar-refractivity contribution in [2.45, 2.75) is 36.6 Å². The maximum atomic E-state index is 13.0. The number of benzene rings is 1. The summed E-state index contributed by atoms with van der Waals surface area (Å²) in [7, 11) is -3.50. The molecule has 3 rings (SSSR count). The summed E-state index contributed by atoms with van der Waals surface area (Å²) in [6.07, 6.45) is 4.28. The van der Waals surface area contributed by atoms with Gasteiger partial charge in [-0.25, -0.2) is 12.8 Å². The highest BCUT2D eigenvalue weighted by Crippen LogP contribution is 2.28. The SMILES string of the molecule is O=S(=O)(c1ccc(F)cc1)N1CCCC(C2CCCN2)C1. The lowest BCUT2D eigenvalue weighted by molar-refractivity contribution is 0.226. The molecule has 1 N–H and O–H groups in total. The molecule has 2 heterocycles. The van der Waals surface area contributed by atoms with Gasteiger partial charge in [-0.2, -0.15) is 4.31 Å². The Bertz CT molecular complexity index is 582. The summed E-state index contributed by atoms with van der Waals surface area (Å²) in [6, 6.07) is 5.54. The molecular formula is C15H21FN2O2S. The van der Waals surface area contributed by atoms with Crippen LogP contribution in [0, 0.1) is 11.7 Å². The standard InChI is InChI=1S/C15H21FN2O2S/c16-13-5-7-14(8-6-13)21(19,20)18-10-2-3-12(11-18)15-4-1-9-17-15/h5-8,12,15,17H,1-4,9-11H2. The van der Waals surface area contributed by atoms with Crippen LogP contribution in [-0.2, 0) is 10.0 Å². The molecule has 2 atom stereocenters. The smallest absolute Gasteiger partial charge is 0.243 e. The first-order chi connectivity index (χ1) is 10.1. The van der Waals surface area contributed by atoms with E-state index in [4.69, 9.17) is 0 Å². The molecule has 1 aromatic rings. The minimum atomic E-state index is -3.50. The Hall–Kier alpha value is -0.980. The van der Waals surface area contributed by atoms with E-state index in [-0.39, 0.29) is 4.90 Å². The van der Waals surface area contributed by atoms with Crippen molar-refractivity contribution in [1.82, 2.24) is 9.62 Å².